The number of carboxylic acid groups (broad SMARTS) is 1. The smallest absolute Gasteiger partial charge is 0.410 e. The van der Waals surface area contributed by atoms with Crippen molar-refractivity contribution in [3.8, 4) is 0 Å². The number of quaternary nitrogens is 1. The number of aliphatic carboxylic acids is 1. The third kappa shape index (κ3) is 7.17. The van der Waals surface area contributed by atoms with Crippen molar-refractivity contribution in [2.24, 2.45) is 11.8 Å². The lowest BCUT2D eigenvalue weighted by molar-refractivity contribution is -0.930. The fraction of sp³-hybridized carbons (Fsp3) is 0.857. The number of hydrogen-bond donors (Lipinski definition) is 0. The lowest BCUT2D eigenvalue weighted by atomic mass is 9.91. The second-order valence-corrected chi connectivity index (χ2v) is 10.6. The minimum Gasteiger partial charge on any atom is -0.550 e. The van der Waals surface area contributed by atoms with Crippen molar-refractivity contribution in [1.82, 2.24) is 4.90 Å². The van der Waals surface area contributed by atoms with E-state index in [-0.39, 0.29) is 24.5 Å². The van der Waals surface area contributed by atoms with Crippen LogP contribution >= 0.6 is 0 Å². The van der Waals surface area contributed by atoms with E-state index in [4.69, 9.17) is 9.47 Å². The molecule has 0 aliphatic carbocycles. The molecule has 0 atom stereocenters. The van der Waals surface area contributed by atoms with Crippen molar-refractivity contribution in [2.45, 2.75) is 65.6 Å². The van der Waals surface area contributed by atoms with Gasteiger partial charge >= 0.3 is 12.1 Å². The van der Waals surface area contributed by atoms with Crippen LogP contribution in [0.4, 0.5) is 4.79 Å². The Morgan fingerprint density at radius 2 is 1.48 bits per heavy atom. The van der Waals surface area contributed by atoms with Crippen LogP contribution in [0.25, 0.3) is 0 Å². The number of rotatable bonds is 5. The number of nitrogens with zero attached hydrogens (tertiary/aromatic N) is 2. The van der Waals surface area contributed by atoms with Crippen LogP contribution in [-0.2, 0) is 19.1 Å². The molecule has 0 aromatic carbocycles. The molecule has 166 valence electrons. The van der Waals surface area contributed by atoms with E-state index in [1.165, 1.54) is 0 Å². The highest BCUT2D eigenvalue weighted by Gasteiger charge is 2.43. The molecule has 0 spiro atoms. The maximum absolute atomic E-state index is 12.5. The van der Waals surface area contributed by atoms with Gasteiger partial charge in [-0.3, -0.25) is 0 Å². The molecule has 2 aliphatic heterocycles. The van der Waals surface area contributed by atoms with Gasteiger partial charge in [0.25, 0.3) is 0 Å². The van der Waals surface area contributed by atoms with E-state index in [1.54, 1.807) is 4.90 Å². The van der Waals surface area contributed by atoms with Crippen LogP contribution in [-0.4, -0.2) is 77.9 Å². The monoisotopic (exact) mass is 412 g/mol. The number of likely N-dealkylation sites (tertiary alicyclic amines) is 2. The summed E-state index contributed by atoms with van der Waals surface area (Å²) >= 11 is 0. The van der Waals surface area contributed by atoms with E-state index >= 15 is 0 Å². The van der Waals surface area contributed by atoms with Crippen molar-refractivity contribution in [3.63, 3.8) is 0 Å². The fourth-order valence-electron chi connectivity index (χ4n) is 4.11. The topological polar surface area (TPSA) is 96.0 Å². The lowest BCUT2D eigenvalue weighted by Crippen LogP contribution is -2.64. The highest BCUT2D eigenvalue weighted by atomic mass is 16.6. The van der Waals surface area contributed by atoms with Gasteiger partial charge < -0.3 is 28.8 Å². The summed E-state index contributed by atoms with van der Waals surface area (Å²) < 4.78 is 11.4. The molecule has 2 rings (SSSR count). The van der Waals surface area contributed by atoms with E-state index < -0.39 is 23.1 Å². The van der Waals surface area contributed by atoms with E-state index in [0.717, 1.165) is 6.54 Å². The highest BCUT2D eigenvalue weighted by molar-refractivity contribution is 5.71. The van der Waals surface area contributed by atoms with Gasteiger partial charge in [0.1, 0.15) is 11.2 Å². The molecule has 8 nitrogen and oxygen atoms in total. The van der Waals surface area contributed by atoms with Gasteiger partial charge in [0.2, 0.25) is 0 Å². The summed E-state index contributed by atoms with van der Waals surface area (Å²) in [4.78, 5) is 37.6. The molecular formula is C21H36N2O6. The molecule has 0 bridgehead atoms. The second kappa shape index (κ2) is 8.50. The third-order valence-electron chi connectivity index (χ3n) is 5.38. The molecule has 0 N–H and O–H groups in total. The number of hydrogen-bond acceptors (Lipinski definition) is 6. The van der Waals surface area contributed by atoms with Gasteiger partial charge in [-0.1, -0.05) is 0 Å². The van der Waals surface area contributed by atoms with Crippen LogP contribution in [0.5, 0.6) is 0 Å². The standard InChI is InChI=1S/C21H36N2O6/c1-20(2,3)28-17(24)14-23(9-7-16(8-10-23)18(25)26)13-15-11-22(12-15)19(27)29-21(4,5)6/h15-16H,7-14H2,1-6H3. The van der Waals surface area contributed by atoms with E-state index in [0.29, 0.717) is 43.5 Å². The van der Waals surface area contributed by atoms with E-state index in [2.05, 4.69) is 0 Å². The van der Waals surface area contributed by atoms with Gasteiger partial charge in [-0.15, -0.1) is 0 Å². The Labute approximate surface area is 173 Å². The molecular weight excluding hydrogens is 376 g/mol. The average molecular weight is 413 g/mol. The molecule has 8 heteroatoms. The molecule has 29 heavy (non-hydrogen) atoms. The minimum absolute atomic E-state index is 0.222. The largest absolute Gasteiger partial charge is 0.550 e. The van der Waals surface area contributed by atoms with Gasteiger partial charge in [-0.2, -0.15) is 0 Å². The Bertz CT molecular complexity index is 620. The number of carbonyl (C=O) groups excluding carboxylic acids is 3. The third-order valence-corrected chi connectivity index (χ3v) is 5.38. The van der Waals surface area contributed by atoms with Crippen LogP contribution in [0, 0.1) is 11.8 Å². The first-order valence-corrected chi connectivity index (χ1v) is 10.4. The zero-order valence-electron chi connectivity index (χ0n) is 18.7. The van der Waals surface area contributed by atoms with Crippen molar-refractivity contribution in [1.29, 1.82) is 0 Å². The predicted molar refractivity (Wildman–Crippen MR) is 105 cm³/mol. The summed E-state index contributed by atoms with van der Waals surface area (Å²) in [7, 11) is 0. The highest BCUT2D eigenvalue weighted by Crippen LogP contribution is 2.29. The quantitative estimate of drug-likeness (QED) is 0.497. The van der Waals surface area contributed by atoms with Crippen LogP contribution in [0.1, 0.15) is 54.4 Å². The number of amides is 1. The summed E-state index contributed by atoms with van der Waals surface area (Å²) in [5.41, 5.74) is -1.09. The number of carboxylic acids is 1. The zero-order valence-corrected chi connectivity index (χ0v) is 18.7. The molecule has 1 amide bonds. The lowest BCUT2D eigenvalue weighted by Gasteiger charge is -2.48. The van der Waals surface area contributed by atoms with Gasteiger partial charge in [-0.05, 0) is 41.5 Å². The van der Waals surface area contributed by atoms with Gasteiger partial charge in [0.05, 0.1) is 19.6 Å². The molecule has 0 radical (unpaired) electrons. The SMILES string of the molecule is CC(C)(C)OC(=O)C[N+]1(CC2CN(C(=O)OC(C)(C)C)C2)CCC(C(=O)[O-])CC1. The second-order valence-electron chi connectivity index (χ2n) is 10.6. The Morgan fingerprint density at radius 1 is 0.966 bits per heavy atom. The Balaban J connectivity index is 1.98. The molecule has 2 heterocycles. The predicted octanol–water partition coefficient (Wildman–Crippen LogP) is 1.17. The number of esters is 1. The minimum atomic E-state index is -1.01. The van der Waals surface area contributed by atoms with Crippen LogP contribution in [0.3, 0.4) is 0 Å². The fourth-order valence-corrected chi connectivity index (χ4v) is 4.11. The van der Waals surface area contributed by atoms with Gasteiger partial charge in [-0.25, -0.2) is 9.59 Å². The Morgan fingerprint density at radius 3 is 1.93 bits per heavy atom. The summed E-state index contributed by atoms with van der Waals surface area (Å²) in [6.07, 6.45) is 0.671. The number of piperidine rings is 1. The summed E-state index contributed by atoms with van der Waals surface area (Å²) in [6, 6.07) is 0. The molecule has 2 fully saturated rings. The van der Waals surface area contributed by atoms with Crippen molar-refractivity contribution >= 4 is 18.0 Å². The van der Waals surface area contributed by atoms with Crippen molar-refractivity contribution < 1.29 is 33.4 Å². The van der Waals surface area contributed by atoms with Crippen LogP contribution < -0.4 is 5.11 Å². The normalized spacial score (nSPS) is 25.9. The maximum Gasteiger partial charge on any atom is 0.410 e. The van der Waals surface area contributed by atoms with Crippen LogP contribution in [0.2, 0.25) is 0 Å². The Hall–Kier alpha value is -1.83. The number of carbonyl (C=O) groups is 3. The van der Waals surface area contributed by atoms with E-state index in [9.17, 15) is 19.5 Å². The Kier molecular flexibility index (Phi) is 6.87. The molecule has 0 aromatic rings. The molecule has 2 saturated heterocycles. The first kappa shape index (κ1) is 23.4. The van der Waals surface area contributed by atoms with Crippen LogP contribution in [0.15, 0.2) is 0 Å². The summed E-state index contributed by atoms with van der Waals surface area (Å²) in [6.45, 7) is 14.3. The number of ether oxygens (including phenoxy) is 2. The summed E-state index contributed by atoms with van der Waals surface area (Å²) in [5.74, 6) is -1.49. The average Bonchev–Trinajstić information content (AvgIpc) is 2.47. The molecule has 0 aromatic heterocycles. The van der Waals surface area contributed by atoms with Crippen molar-refractivity contribution in [3.05, 3.63) is 0 Å². The molecule has 0 unspecified atom stereocenters. The first-order valence-electron chi connectivity index (χ1n) is 10.4. The maximum atomic E-state index is 12.5. The zero-order chi connectivity index (χ0) is 22.0. The molecule has 0 saturated carbocycles. The molecule has 2 aliphatic rings. The summed E-state index contributed by atoms with van der Waals surface area (Å²) in [5, 5.41) is 11.2. The first-order chi connectivity index (χ1) is 13.2. The van der Waals surface area contributed by atoms with Gasteiger partial charge in [0.15, 0.2) is 6.54 Å². The van der Waals surface area contributed by atoms with E-state index in [1.807, 2.05) is 41.5 Å². The van der Waals surface area contributed by atoms with Gasteiger partial charge in [0, 0.05) is 43.7 Å². The van der Waals surface area contributed by atoms with Crippen molar-refractivity contribution in [2.75, 3.05) is 39.3 Å².